The SMILES string of the molecule is CN(C)c1nc(Cl)nc2c1[N]C=N2. The molecule has 0 saturated heterocycles. The molecule has 0 spiro atoms. The van der Waals surface area contributed by atoms with E-state index < -0.39 is 0 Å². The fourth-order valence-corrected chi connectivity index (χ4v) is 1.22. The summed E-state index contributed by atoms with van der Waals surface area (Å²) >= 11 is 5.71. The third-order valence-electron chi connectivity index (χ3n) is 1.61. The fraction of sp³-hybridized carbons (Fsp3) is 0.286. The fourth-order valence-electron chi connectivity index (χ4n) is 1.06. The van der Waals surface area contributed by atoms with Crippen LogP contribution in [-0.2, 0) is 0 Å². The van der Waals surface area contributed by atoms with Gasteiger partial charge in [0.05, 0.1) is 0 Å². The quantitative estimate of drug-likeness (QED) is 0.633. The van der Waals surface area contributed by atoms with Crippen LogP contribution >= 0.6 is 11.6 Å². The van der Waals surface area contributed by atoms with Crippen molar-refractivity contribution in [3.8, 4) is 0 Å². The molecule has 1 aromatic rings. The van der Waals surface area contributed by atoms with Crippen LogP contribution in [0.5, 0.6) is 0 Å². The second kappa shape index (κ2) is 2.85. The Morgan fingerprint density at radius 1 is 1.31 bits per heavy atom. The molecule has 0 atom stereocenters. The van der Waals surface area contributed by atoms with Gasteiger partial charge >= 0.3 is 0 Å². The van der Waals surface area contributed by atoms with Crippen molar-refractivity contribution in [2.45, 2.75) is 0 Å². The number of hydrogen-bond acceptors (Lipinski definition) is 4. The number of nitrogens with zero attached hydrogens (tertiary/aromatic N) is 5. The van der Waals surface area contributed by atoms with Gasteiger partial charge in [-0.05, 0) is 11.6 Å². The molecular weight excluding hydrogens is 190 g/mol. The minimum atomic E-state index is 0.191. The first kappa shape index (κ1) is 8.25. The Labute approximate surface area is 80.5 Å². The molecule has 0 aromatic carbocycles. The molecule has 0 N–H and O–H groups in total. The molecule has 1 aromatic heterocycles. The molecule has 0 fully saturated rings. The molecule has 2 heterocycles. The van der Waals surface area contributed by atoms with E-state index in [1.165, 1.54) is 6.34 Å². The summed E-state index contributed by atoms with van der Waals surface area (Å²) in [5.41, 5.74) is 0.675. The van der Waals surface area contributed by atoms with Gasteiger partial charge in [-0.15, -0.1) is 0 Å². The second-order valence-electron chi connectivity index (χ2n) is 2.76. The molecule has 1 aliphatic rings. The Balaban J connectivity index is 2.59. The molecule has 0 aliphatic carbocycles. The standard InChI is InChI=1S/C7H7ClN5/c1-13(2)6-4-5(10-3-9-4)11-7(8)12-6/h3H,1-2H3. The van der Waals surface area contributed by atoms with E-state index in [0.29, 0.717) is 17.3 Å². The van der Waals surface area contributed by atoms with E-state index in [2.05, 4.69) is 20.3 Å². The van der Waals surface area contributed by atoms with Crippen LogP contribution in [0.3, 0.4) is 0 Å². The third kappa shape index (κ3) is 1.31. The summed E-state index contributed by atoms with van der Waals surface area (Å²) in [6, 6.07) is 0. The molecule has 1 aliphatic heterocycles. The highest BCUT2D eigenvalue weighted by Gasteiger charge is 2.18. The Morgan fingerprint density at radius 2 is 2.08 bits per heavy atom. The molecule has 0 bridgehead atoms. The average molecular weight is 197 g/mol. The van der Waals surface area contributed by atoms with Gasteiger partial charge in [0.2, 0.25) is 5.28 Å². The largest absolute Gasteiger partial charge is 0.361 e. The molecular formula is C7H7ClN5. The number of halogens is 1. The van der Waals surface area contributed by atoms with Crippen LogP contribution in [0.25, 0.3) is 0 Å². The molecule has 67 valence electrons. The van der Waals surface area contributed by atoms with E-state index in [4.69, 9.17) is 11.6 Å². The van der Waals surface area contributed by atoms with Crippen molar-refractivity contribution in [2.75, 3.05) is 19.0 Å². The topological polar surface area (TPSA) is 55.5 Å². The van der Waals surface area contributed by atoms with Gasteiger partial charge in [0.1, 0.15) is 6.34 Å². The maximum Gasteiger partial charge on any atom is 0.226 e. The smallest absolute Gasteiger partial charge is 0.226 e. The van der Waals surface area contributed by atoms with Gasteiger partial charge in [-0.1, -0.05) is 0 Å². The number of hydrogen-bond donors (Lipinski definition) is 0. The van der Waals surface area contributed by atoms with Crippen molar-refractivity contribution in [1.29, 1.82) is 0 Å². The first-order valence-electron chi connectivity index (χ1n) is 3.67. The van der Waals surface area contributed by atoms with Gasteiger partial charge in [-0.3, -0.25) is 0 Å². The first-order valence-corrected chi connectivity index (χ1v) is 4.04. The third-order valence-corrected chi connectivity index (χ3v) is 1.78. The van der Waals surface area contributed by atoms with E-state index in [9.17, 15) is 0 Å². The molecule has 0 saturated carbocycles. The first-order chi connectivity index (χ1) is 6.18. The summed E-state index contributed by atoms with van der Waals surface area (Å²) in [5, 5.41) is 4.24. The van der Waals surface area contributed by atoms with Crippen molar-refractivity contribution in [1.82, 2.24) is 15.3 Å². The predicted molar refractivity (Wildman–Crippen MR) is 51.3 cm³/mol. The highest BCUT2D eigenvalue weighted by atomic mass is 35.5. The van der Waals surface area contributed by atoms with E-state index in [0.717, 1.165) is 0 Å². The molecule has 0 unspecified atom stereocenters. The summed E-state index contributed by atoms with van der Waals surface area (Å²) in [6.07, 6.45) is 1.45. The summed E-state index contributed by atoms with van der Waals surface area (Å²) in [7, 11) is 3.74. The normalized spacial score (nSPS) is 12.5. The zero-order valence-electron chi connectivity index (χ0n) is 7.19. The minimum absolute atomic E-state index is 0.191. The van der Waals surface area contributed by atoms with Crippen molar-refractivity contribution in [3.05, 3.63) is 5.28 Å². The van der Waals surface area contributed by atoms with Crippen molar-refractivity contribution in [2.24, 2.45) is 4.99 Å². The summed E-state index contributed by atoms with van der Waals surface area (Å²) < 4.78 is 0. The van der Waals surface area contributed by atoms with Gasteiger partial charge in [-0.25, -0.2) is 10.3 Å². The van der Waals surface area contributed by atoms with E-state index in [-0.39, 0.29) is 5.28 Å². The lowest BCUT2D eigenvalue weighted by atomic mass is 10.4. The van der Waals surface area contributed by atoms with Crippen LogP contribution in [-0.4, -0.2) is 30.4 Å². The number of fused-ring (bicyclic) bond motifs is 1. The van der Waals surface area contributed by atoms with Crippen LogP contribution in [0.15, 0.2) is 4.99 Å². The van der Waals surface area contributed by atoms with Crippen molar-refractivity contribution < 1.29 is 0 Å². The van der Waals surface area contributed by atoms with Crippen LogP contribution in [0.1, 0.15) is 0 Å². The van der Waals surface area contributed by atoms with Gasteiger partial charge in [-0.2, -0.15) is 9.97 Å². The van der Waals surface area contributed by atoms with Gasteiger partial charge in [0.15, 0.2) is 17.3 Å². The minimum Gasteiger partial charge on any atom is -0.361 e. The lowest BCUT2D eigenvalue weighted by Gasteiger charge is -2.13. The molecule has 6 heteroatoms. The van der Waals surface area contributed by atoms with E-state index in [1.807, 2.05) is 19.0 Å². The number of rotatable bonds is 1. The molecule has 2 rings (SSSR count). The Morgan fingerprint density at radius 3 is 2.77 bits per heavy atom. The van der Waals surface area contributed by atoms with Gasteiger partial charge in [0, 0.05) is 14.1 Å². The molecule has 13 heavy (non-hydrogen) atoms. The maximum atomic E-state index is 5.71. The molecule has 0 amide bonds. The summed E-state index contributed by atoms with van der Waals surface area (Å²) in [5.74, 6) is 1.22. The Hall–Kier alpha value is -1.36. The van der Waals surface area contributed by atoms with Crippen LogP contribution in [0.2, 0.25) is 5.28 Å². The highest BCUT2D eigenvalue weighted by Crippen LogP contribution is 2.34. The monoisotopic (exact) mass is 196 g/mol. The second-order valence-corrected chi connectivity index (χ2v) is 3.09. The molecule has 1 radical (unpaired) electrons. The lowest BCUT2D eigenvalue weighted by Crippen LogP contribution is -2.12. The maximum absolute atomic E-state index is 5.71. The average Bonchev–Trinajstić information content (AvgIpc) is 2.49. The van der Waals surface area contributed by atoms with Crippen LogP contribution in [0, 0.1) is 0 Å². The van der Waals surface area contributed by atoms with Crippen LogP contribution in [0.4, 0.5) is 17.3 Å². The van der Waals surface area contributed by atoms with Crippen LogP contribution < -0.4 is 10.2 Å². The summed E-state index contributed by atoms with van der Waals surface area (Å²) in [6.45, 7) is 0. The van der Waals surface area contributed by atoms with Gasteiger partial charge < -0.3 is 4.90 Å². The molecule has 5 nitrogen and oxygen atoms in total. The summed E-state index contributed by atoms with van der Waals surface area (Å²) in [4.78, 5) is 13.8. The predicted octanol–water partition coefficient (Wildman–Crippen LogP) is 1.11. The van der Waals surface area contributed by atoms with E-state index in [1.54, 1.807) is 0 Å². The van der Waals surface area contributed by atoms with Gasteiger partial charge in [0.25, 0.3) is 0 Å². The Kier molecular flexibility index (Phi) is 1.81. The highest BCUT2D eigenvalue weighted by molar-refractivity contribution is 6.28. The van der Waals surface area contributed by atoms with Crippen molar-refractivity contribution in [3.63, 3.8) is 0 Å². The zero-order valence-corrected chi connectivity index (χ0v) is 7.95. The van der Waals surface area contributed by atoms with Crippen molar-refractivity contribution >= 4 is 35.3 Å². The zero-order chi connectivity index (χ0) is 9.42. The lowest BCUT2D eigenvalue weighted by molar-refractivity contribution is 1.03. The van der Waals surface area contributed by atoms with E-state index >= 15 is 0 Å². The Bertz CT molecular complexity index is 373. The number of aromatic nitrogens is 2. The number of aliphatic imine (C=N–C) groups is 1. The number of anilines is 1.